The molecule has 0 spiro atoms. The summed E-state index contributed by atoms with van der Waals surface area (Å²) in [6, 6.07) is -1.83. The standard InChI is InChI=1S/C13H22N2O6/c16-8-6-9-3-1-2-7-15(9)13(21)14-10(12(19)20)4-5-11(17)18/h9-10,16H,1-8H2,(H,14,21)(H,17,18)(H,19,20)/t9?,10-/m0/s1. The van der Waals surface area contributed by atoms with Gasteiger partial charge in [-0.3, -0.25) is 4.79 Å². The Kier molecular flexibility index (Phi) is 6.93. The van der Waals surface area contributed by atoms with Crippen molar-refractivity contribution in [2.24, 2.45) is 0 Å². The van der Waals surface area contributed by atoms with Gasteiger partial charge in [0.15, 0.2) is 0 Å². The highest BCUT2D eigenvalue weighted by Gasteiger charge is 2.29. The summed E-state index contributed by atoms with van der Waals surface area (Å²) < 4.78 is 0. The van der Waals surface area contributed by atoms with Crippen LogP contribution >= 0.6 is 0 Å². The van der Waals surface area contributed by atoms with Crippen molar-refractivity contribution in [2.75, 3.05) is 13.2 Å². The maximum Gasteiger partial charge on any atom is 0.326 e. The first-order valence-electron chi connectivity index (χ1n) is 7.08. The smallest absolute Gasteiger partial charge is 0.326 e. The van der Waals surface area contributed by atoms with Crippen LogP contribution in [0.15, 0.2) is 0 Å². The van der Waals surface area contributed by atoms with Gasteiger partial charge in [0.1, 0.15) is 6.04 Å². The number of piperidine rings is 1. The van der Waals surface area contributed by atoms with E-state index in [4.69, 9.17) is 15.3 Å². The molecule has 1 heterocycles. The molecule has 2 amide bonds. The van der Waals surface area contributed by atoms with Crippen LogP contribution in [0.4, 0.5) is 4.79 Å². The number of amides is 2. The number of carboxylic acids is 2. The van der Waals surface area contributed by atoms with E-state index in [1.54, 1.807) is 0 Å². The van der Waals surface area contributed by atoms with Crippen LogP contribution in [0.25, 0.3) is 0 Å². The minimum atomic E-state index is -1.25. The highest BCUT2D eigenvalue weighted by atomic mass is 16.4. The fraction of sp³-hybridized carbons (Fsp3) is 0.769. The second-order valence-corrected chi connectivity index (χ2v) is 5.13. The van der Waals surface area contributed by atoms with Crippen molar-refractivity contribution in [1.82, 2.24) is 10.2 Å². The van der Waals surface area contributed by atoms with E-state index in [2.05, 4.69) is 5.32 Å². The van der Waals surface area contributed by atoms with Crippen molar-refractivity contribution >= 4 is 18.0 Å². The number of aliphatic carboxylic acids is 2. The molecule has 120 valence electrons. The van der Waals surface area contributed by atoms with Gasteiger partial charge in [0, 0.05) is 25.6 Å². The molecule has 0 radical (unpaired) electrons. The molecule has 0 bridgehead atoms. The predicted octanol–water partition coefficient (Wildman–Crippen LogP) is 0.251. The third-order valence-electron chi connectivity index (χ3n) is 3.59. The Morgan fingerprint density at radius 2 is 1.95 bits per heavy atom. The maximum absolute atomic E-state index is 12.2. The average Bonchev–Trinajstić information content (AvgIpc) is 2.43. The van der Waals surface area contributed by atoms with Gasteiger partial charge in [-0.2, -0.15) is 0 Å². The lowest BCUT2D eigenvalue weighted by molar-refractivity contribution is -0.140. The van der Waals surface area contributed by atoms with Gasteiger partial charge in [-0.1, -0.05) is 0 Å². The number of nitrogens with zero attached hydrogens (tertiary/aromatic N) is 1. The third-order valence-corrected chi connectivity index (χ3v) is 3.59. The van der Waals surface area contributed by atoms with E-state index in [1.807, 2.05) is 0 Å². The van der Waals surface area contributed by atoms with E-state index in [1.165, 1.54) is 4.90 Å². The Morgan fingerprint density at radius 1 is 1.24 bits per heavy atom. The molecule has 21 heavy (non-hydrogen) atoms. The highest BCUT2D eigenvalue weighted by Crippen LogP contribution is 2.19. The summed E-state index contributed by atoms with van der Waals surface area (Å²) in [4.78, 5) is 35.3. The highest BCUT2D eigenvalue weighted by molar-refractivity contribution is 5.83. The average molecular weight is 302 g/mol. The number of carboxylic acid groups (broad SMARTS) is 2. The number of carbonyl (C=O) groups is 3. The van der Waals surface area contributed by atoms with Crippen LogP contribution in [0.3, 0.4) is 0 Å². The molecule has 4 N–H and O–H groups in total. The first-order valence-corrected chi connectivity index (χ1v) is 7.08. The zero-order valence-corrected chi connectivity index (χ0v) is 11.8. The lowest BCUT2D eigenvalue weighted by Gasteiger charge is -2.36. The number of rotatable bonds is 7. The maximum atomic E-state index is 12.2. The van der Waals surface area contributed by atoms with Crippen molar-refractivity contribution in [2.45, 2.75) is 50.6 Å². The zero-order chi connectivity index (χ0) is 15.8. The fourth-order valence-corrected chi connectivity index (χ4v) is 2.47. The number of nitrogens with one attached hydrogen (secondary N) is 1. The SMILES string of the molecule is O=C(O)CC[C@H](NC(=O)N1CCCCC1CCO)C(=O)O. The van der Waals surface area contributed by atoms with Crippen molar-refractivity contribution in [1.29, 1.82) is 0 Å². The molecule has 1 unspecified atom stereocenters. The second kappa shape index (κ2) is 8.46. The van der Waals surface area contributed by atoms with Crippen molar-refractivity contribution in [3.05, 3.63) is 0 Å². The van der Waals surface area contributed by atoms with Crippen LogP contribution in [0.1, 0.15) is 38.5 Å². The van der Waals surface area contributed by atoms with Crippen LogP contribution in [0.2, 0.25) is 0 Å². The largest absolute Gasteiger partial charge is 0.481 e. The Hall–Kier alpha value is -1.83. The van der Waals surface area contributed by atoms with Crippen molar-refractivity contribution in [3.8, 4) is 0 Å². The molecular weight excluding hydrogens is 280 g/mol. The molecule has 0 aromatic heterocycles. The molecule has 2 atom stereocenters. The minimum absolute atomic E-state index is 0.0319. The van der Waals surface area contributed by atoms with E-state index in [9.17, 15) is 14.4 Å². The van der Waals surface area contributed by atoms with Gasteiger partial charge in [0.25, 0.3) is 0 Å². The van der Waals surface area contributed by atoms with Crippen LogP contribution in [-0.2, 0) is 9.59 Å². The molecular formula is C13H22N2O6. The normalized spacial score (nSPS) is 19.9. The monoisotopic (exact) mass is 302 g/mol. The Morgan fingerprint density at radius 3 is 2.52 bits per heavy atom. The van der Waals surface area contributed by atoms with Gasteiger partial charge in [0.05, 0.1) is 0 Å². The predicted molar refractivity (Wildman–Crippen MR) is 72.9 cm³/mol. The fourth-order valence-electron chi connectivity index (χ4n) is 2.47. The van der Waals surface area contributed by atoms with Crippen LogP contribution < -0.4 is 5.32 Å². The molecule has 1 fully saturated rings. The van der Waals surface area contributed by atoms with Crippen molar-refractivity contribution in [3.63, 3.8) is 0 Å². The molecule has 0 aromatic rings. The van der Waals surface area contributed by atoms with Gasteiger partial charge >= 0.3 is 18.0 Å². The number of aliphatic hydroxyl groups excluding tert-OH is 1. The molecule has 1 aliphatic rings. The van der Waals surface area contributed by atoms with E-state index in [0.29, 0.717) is 13.0 Å². The number of aliphatic hydroxyl groups is 1. The summed E-state index contributed by atoms with van der Waals surface area (Å²) in [6.07, 6.45) is 2.56. The topological polar surface area (TPSA) is 127 Å². The molecule has 0 saturated carbocycles. The van der Waals surface area contributed by atoms with Crippen LogP contribution in [0.5, 0.6) is 0 Å². The van der Waals surface area contributed by atoms with Gasteiger partial charge in [-0.25, -0.2) is 9.59 Å². The molecule has 8 heteroatoms. The van der Waals surface area contributed by atoms with Gasteiger partial charge in [-0.15, -0.1) is 0 Å². The van der Waals surface area contributed by atoms with Gasteiger partial charge in [-0.05, 0) is 32.1 Å². The summed E-state index contributed by atoms with van der Waals surface area (Å²) in [6.45, 7) is 0.484. The van der Waals surface area contributed by atoms with Crippen molar-refractivity contribution < 1.29 is 29.7 Å². The summed E-state index contributed by atoms with van der Waals surface area (Å²) in [5.41, 5.74) is 0. The zero-order valence-electron chi connectivity index (χ0n) is 11.8. The first-order chi connectivity index (χ1) is 9.95. The summed E-state index contributed by atoms with van der Waals surface area (Å²) >= 11 is 0. The Labute approximate surface area is 122 Å². The first kappa shape index (κ1) is 17.2. The molecule has 0 aromatic carbocycles. The lowest BCUT2D eigenvalue weighted by atomic mass is 10.00. The molecule has 1 rings (SSSR count). The molecule has 1 aliphatic heterocycles. The van der Waals surface area contributed by atoms with Crippen LogP contribution in [0, 0.1) is 0 Å². The second-order valence-electron chi connectivity index (χ2n) is 5.13. The summed E-state index contributed by atoms with van der Waals surface area (Å²) in [5.74, 6) is -2.35. The van der Waals surface area contributed by atoms with E-state index < -0.39 is 24.0 Å². The minimum Gasteiger partial charge on any atom is -0.481 e. The summed E-state index contributed by atoms with van der Waals surface area (Å²) in [5, 5.41) is 29.0. The quantitative estimate of drug-likeness (QED) is 0.534. The third kappa shape index (κ3) is 5.58. The number of hydrogen-bond acceptors (Lipinski definition) is 4. The Balaban J connectivity index is 2.61. The summed E-state index contributed by atoms with van der Waals surface area (Å²) in [7, 11) is 0. The number of likely N-dealkylation sites (tertiary alicyclic amines) is 1. The van der Waals surface area contributed by atoms with Gasteiger partial charge in [0.2, 0.25) is 0 Å². The Bertz CT molecular complexity index is 385. The van der Waals surface area contributed by atoms with E-state index in [-0.39, 0.29) is 25.5 Å². The lowest BCUT2D eigenvalue weighted by Crippen LogP contribution is -2.53. The van der Waals surface area contributed by atoms with Gasteiger partial charge < -0.3 is 25.5 Å². The molecule has 0 aliphatic carbocycles. The number of urea groups is 1. The number of carbonyl (C=O) groups excluding carboxylic acids is 1. The molecule has 8 nitrogen and oxygen atoms in total. The molecule has 1 saturated heterocycles. The number of hydrogen-bond donors (Lipinski definition) is 4. The van der Waals surface area contributed by atoms with Crippen LogP contribution in [-0.4, -0.2) is 63.4 Å². The van der Waals surface area contributed by atoms with E-state index >= 15 is 0 Å². The van der Waals surface area contributed by atoms with E-state index in [0.717, 1.165) is 19.3 Å².